The Bertz CT molecular complexity index is 429. The lowest BCUT2D eigenvalue weighted by molar-refractivity contribution is -0.151. The number of alkyl halides is 3. The minimum atomic E-state index is -4.27. The van der Waals surface area contributed by atoms with Crippen molar-refractivity contribution < 1.29 is 13.2 Å². The van der Waals surface area contributed by atoms with E-state index in [-0.39, 0.29) is 23.8 Å². The predicted octanol–water partition coefficient (Wildman–Crippen LogP) is 3.20. The molecule has 1 aromatic rings. The second-order valence-electron chi connectivity index (χ2n) is 4.05. The van der Waals surface area contributed by atoms with E-state index < -0.39 is 11.7 Å². The van der Waals surface area contributed by atoms with Crippen LogP contribution in [0.3, 0.4) is 0 Å². The molecule has 1 aliphatic rings. The number of rotatable bonds is 3. The van der Waals surface area contributed by atoms with Crippen LogP contribution in [-0.4, -0.2) is 21.7 Å². The van der Waals surface area contributed by atoms with E-state index in [2.05, 4.69) is 15.3 Å². The summed E-state index contributed by atoms with van der Waals surface area (Å²) in [5.41, 5.74) is -1.82. The summed E-state index contributed by atoms with van der Waals surface area (Å²) < 4.78 is 38.2. The summed E-state index contributed by atoms with van der Waals surface area (Å²) in [5, 5.41) is 2.57. The second-order valence-corrected chi connectivity index (χ2v) is 4.44. The van der Waals surface area contributed by atoms with E-state index >= 15 is 0 Å². The fourth-order valence-corrected chi connectivity index (χ4v) is 1.74. The van der Waals surface area contributed by atoms with Gasteiger partial charge in [-0.3, -0.25) is 0 Å². The van der Waals surface area contributed by atoms with Crippen LogP contribution in [-0.2, 0) is 6.42 Å². The summed E-state index contributed by atoms with van der Waals surface area (Å²) in [6.45, 7) is 1.81. The number of anilines is 1. The van der Waals surface area contributed by atoms with Gasteiger partial charge in [0.25, 0.3) is 0 Å². The third-order valence-electron chi connectivity index (χ3n) is 2.72. The molecule has 0 bridgehead atoms. The molecular formula is C10H11ClF3N3. The molecule has 3 nitrogen and oxygen atoms in total. The zero-order valence-electron chi connectivity index (χ0n) is 9.10. The number of aromatic nitrogens is 2. The normalized spacial score (nSPS) is 17.9. The first-order valence-corrected chi connectivity index (χ1v) is 5.62. The highest BCUT2D eigenvalue weighted by atomic mass is 35.5. The van der Waals surface area contributed by atoms with Crippen LogP contribution in [0, 0.1) is 0 Å². The molecule has 1 heterocycles. The molecule has 0 amide bonds. The van der Waals surface area contributed by atoms with E-state index in [1.807, 2.05) is 6.92 Å². The fourth-order valence-electron chi connectivity index (χ4n) is 1.54. The van der Waals surface area contributed by atoms with E-state index in [1.54, 1.807) is 0 Å². The minimum absolute atomic E-state index is 0.0690. The third-order valence-corrected chi connectivity index (χ3v) is 2.91. The van der Waals surface area contributed by atoms with Crippen molar-refractivity contribution in [2.24, 2.45) is 0 Å². The molecule has 1 saturated carbocycles. The molecule has 0 radical (unpaired) electrons. The van der Waals surface area contributed by atoms with Crippen molar-refractivity contribution in [1.29, 1.82) is 0 Å². The molecule has 7 heteroatoms. The SMILES string of the molecule is CCc1nc(Cl)cc(NC2(C(F)(F)F)CC2)n1. The predicted molar refractivity (Wildman–Crippen MR) is 58.1 cm³/mol. The van der Waals surface area contributed by atoms with Gasteiger partial charge in [0.1, 0.15) is 22.3 Å². The van der Waals surface area contributed by atoms with Crippen molar-refractivity contribution in [1.82, 2.24) is 9.97 Å². The molecule has 0 atom stereocenters. The van der Waals surface area contributed by atoms with Crippen molar-refractivity contribution in [2.75, 3.05) is 5.32 Å². The number of hydrogen-bond donors (Lipinski definition) is 1. The summed E-state index contributed by atoms with van der Waals surface area (Å²) in [7, 11) is 0. The van der Waals surface area contributed by atoms with E-state index in [0.717, 1.165) is 0 Å². The van der Waals surface area contributed by atoms with Crippen LogP contribution in [0.4, 0.5) is 19.0 Å². The third kappa shape index (κ3) is 2.46. The van der Waals surface area contributed by atoms with Gasteiger partial charge in [-0.1, -0.05) is 18.5 Å². The quantitative estimate of drug-likeness (QED) is 0.853. The molecule has 94 valence electrons. The number of nitrogens with one attached hydrogen (secondary N) is 1. The molecular weight excluding hydrogens is 255 g/mol. The maximum Gasteiger partial charge on any atom is 0.411 e. The van der Waals surface area contributed by atoms with Gasteiger partial charge in [0.2, 0.25) is 0 Å². The Labute approximate surface area is 101 Å². The Morgan fingerprint density at radius 1 is 1.41 bits per heavy atom. The Morgan fingerprint density at radius 3 is 2.53 bits per heavy atom. The van der Waals surface area contributed by atoms with E-state index in [1.165, 1.54) is 6.07 Å². The zero-order chi connectivity index (χ0) is 12.7. The average Bonchev–Trinajstić information content (AvgIpc) is 2.97. The first-order valence-electron chi connectivity index (χ1n) is 5.25. The number of hydrogen-bond acceptors (Lipinski definition) is 3. The lowest BCUT2D eigenvalue weighted by Crippen LogP contribution is -2.39. The number of halogens is 4. The smallest absolute Gasteiger partial charge is 0.356 e. The molecule has 0 saturated heterocycles. The Morgan fingerprint density at radius 2 is 2.06 bits per heavy atom. The minimum Gasteiger partial charge on any atom is -0.356 e. The maximum absolute atomic E-state index is 12.7. The van der Waals surface area contributed by atoms with Gasteiger partial charge in [0.15, 0.2) is 0 Å². The van der Waals surface area contributed by atoms with Crippen molar-refractivity contribution in [3.63, 3.8) is 0 Å². The molecule has 1 N–H and O–H groups in total. The largest absolute Gasteiger partial charge is 0.411 e. The van der Waals surface area contributed by atoms with Crippen LogP contribution in [0.2, 0.25) is 5.15 Å². The van der Waals surface area contributed by atoms with Gasteiger partial charge in [-0.25, -0.2) is 9.97 Å². The van der Waals surface area contributed by atoms with E-state index in [9.17, 15) is 13.2 Å². The van der Waals surface area contributed by atoms with Crippen LogP contribution < -0.4 is 5.32 Å². The summed E-state index contributed by atoms with van der Waals surface area (Å²) in [5.74, 6) is 0.564. The van der Waals surface area contributed by atoms with Gasteiger partial charge in [-0.05, 0) is 12.8 Å². The molecule has 0 aromatic carbocycles. The van der Waals surface area contributed by atoms with Crippen LogP contribution in [0.25, 0.3) is 0 Å². The molecule has 1 aromatic heterocycles. The van der Waals surface area contributed by atoms with Crippen LogP contribution in [0.1, 0.15) is 25.6 Å². The van der Waals surface area contributed by atoms with Crippen molar-refractivity contribution in [3.05, 3.63) is 17.0 Å². The molecule has 2 rings (SSSR count). The lowest BCUT2D eigenvalue weighted by Gasteiger charge is -2.21. The molecule has 1 fully saturated rings. The van der Waals surface area contributed by atoms with Crippen LogP contribution in [0.5, 0.6) is 0 Å². The fraction of sp³-hybridized carbons (Fsp3) is 0.600. The van der Waals surface area contributed by atoms with Gasteiger partial charge in [0.05, 0.1) is 0 Å². The highest BCUT2D eigenvalue weighted by Crippen LogP contribution is 2.51. The monoisotopic (exact) mass is 265 g/mol. The van der Waals surface area contributed by atoms with Crippen LogP contribution in [0.15, 0.2) is 6.07 Å². The molecule has 0 spiro atoms. The highest BCUT2D eigenvalue weighted by Gasteiger charge is 2.63. The van der Waals surface area contributed by atoms with Gasteiger partial charge in [0, 0.05) is 12.5 Å². The van der Waals surface area contributed by atoms with Crippen LogP contribution >= 0.6 is 11.6 Å². The Kier molecular flexibility index (Phi) is 2.93. The topological polar surface area (TPSA) is 37.8 Å². The average molecular weight is 266 g/mol. The van der Waals surface area contributed by atoms with Gasteiger partial charge >= 0.3 is 6.18 Å². The molecule has 1 aliphatic carbocycles. The Balaban J connectivity index is 2.22. The van der Waals surface area contributed by atoms with E-state index in [0.29, 0.717) is 12.2 Å². The summed E-state index contributed by atoms with van der Waals surface area (Å²) in [6.07, 6.45) is -3.61. The lowest BCUT2D eigenvalue weighted by atomic mass is 10.2. The highest BCUT2D eigenvalue weighted by molar-refractivity contribution is 6.29. The summed E-state index contributed by atoms with van der Waals surface area (Å²) in [6, 6.07) is 1.31. The number of aryl methyl sites for hydroxylation is 1. The standard InChI is InChI=1S/C10H11ClF3N3/c1-2-7-15-6(11)5-8(16-7)17-9(3-4-9)10(12,13)14/h5H,2-4H2,1H3,(H,15,16,17). The van der Waals surface area contributed by atoms with Gasteiger partial charge < -0.3 is 5.32 Å². The molecule has 17 heavy (non-hydrogen) atoms. The first kappa shape index (κ1) is 12.4. The zero-order valence-corrected chi connectivity index (χ0v) is 9.86. The van der Waals surface area contributed by atoms with Crippen molar-refractivity contribution in [3.8, 4) is 0 Å². The first-order chi connectivity index (χ1) is 7.86. The summed E-state index contributed by atoms with van der Waals surface area (Å²) in [4.78, 5) is 7.88. The Hall–Kier alpha value is -1.04. The maximum atomic E-state index is 12.7. The summed E-state index contributed by atoms with van der Waals surface area (Å²) >= 11 is 5.72. The van der Waals surface area contributed by atoms with Crippen molar-refractivity contribution in [2.45, 2.75) is 37.9 Å². The van der Waals surface area contributed by atoms with Gasteiger partial charge in [-0.2, -0.15) is 13.2 Å². The van der Waals surface area contributed by atoms with E-state index in [4.69, 9.17) is 11.6 Å². The molecule has 0 unspecified atom stereocenters. The second kappa shape index (κ2) is 4.01. The molecule has 0 aliphatic heterocycles. The van der Waals surface area contributed by atoms with Gasteiger partial charge in [-0.15, -0.1) is 0 Å². The van der Waals surface area contributed by atoms with Crippen molar-refractivity contribution >= 4 is 17.4 Å². The number of nitrogens with zero attached hydrogens (tertiary/aromatic N) is 2.